The first kappa shape index (κ1) is 15.7. The third kappa shape index (κ3) is 4.24. The number of nitrogens with two attached hydrogens (primary N) is 1. The van der Waals surface area contributed by atoms with Gasteiger partial charge in [0, 0.05) is 18.2 Å². The van der Waals surface area contributed by atoms with Crippen molar-refractivity contribution >= 4 is 24.0 Å². The molecule has 1 amide bonds. The number of benzene rings is 1. The van der Waals surface area contributed by atoms with Crippen LogP contribution in [0.2, 0.25) is 0 Å². The van der Waals surface area contributed by atoms with Gasteiger partial charge in [-0.1, -0.05) is 6.92 Å². The molecule has 0 aromatic heterocycles. The smallest absolute Gasteiger partial charge is 0.228 e. The third-order valence-corrected chi connectivity index (χ3v) is 2.49. The van der Waals surface area contributed by atoms with Crippen LogP contribution in [0.15, 0.2) is 18.2 Å². The standard InChI is InChI=1S/C12H18N2O2.ClH/c1-8-6-10(16-3)4-5-11(8)14-12(15)9(2)7-13;/h4-6,9H,7,13H2,1-3H3,(H,14,15);1H. The fourth-order valence-corrected chi connectivity index (χ4v) is 1.27. The lowest BCUT2D eigenvalue weighted by atomic mass is 10.1. The molecule has 1 atom stereocenters. The molecule has 0 aliphatic carbocycles. The van der Waals surface area contributed by atoms with E-state index in [9.17, 15) is 4.79 Å². The Hall–Kier alpha value is -1.26. The predicted octanol–water partition coefficient (Wildman–Crippen LogP) is 1.96. The minimum Gasteiger partial charge on any atom is -0.497 e. The Labute approximate surface area is 108 Å². The summed E-state index contributed by atoms with van der Waals surface area (Å²) in [7, 11) is 1.61. The highest BCUT2D eigenvalue weighted by Crippen LogP contribution is 2.21. The molecule has 5 heteroatoms. The minimum atomic E-state index is -0.179. The molecule has 0 radical (unpaired) electrons. The molecular formula is C12H19ClN2O2. The van der Waals surface area contributed by atoms with Crippen LogP contribution in [0.5, 0.6) is 5.75 Å². The Bertz CT molecular complexity index is 383. The molecule has 0 spiro atoms. The number of anilines is 1. The number of hydrogen-bond donors (Lipinski definition) is 2. The van der Waals surface area contributed by atoms with Gasteiger partial charge in [0.05, 0.1) is 7.11 Å². The van der Waals surface area contributed by atoms with Gasteiger partial charge in [-0.25, -0.2) is 0 Å². The lowest BCUT2D eigenvalue weighted by Crippen LogP contribution is -2.26. The molecule has 0 heterocycles. The van der Waals surface area contributed by atoms with E-state index in [2.05, 4.69) is 5.32 Å². The van der Waals surface area contributed by atoms with Crippen LogP contribution >= 0.6 is 12.4 Å². The fourth-order valence-electron chi connectivity index (χ4n) is 1.27. The molecule has 0 saturated heterocycles. The Morgan fingerprint density at radius 3 is 2.65 bits per heavy atom. The minimum absolute atomic E-state index is 0. The van der Waals surface area contributed by atoms with Crippen molar-refractivity contribution in [1.29, 1.82) is 0 Å². The Balaban J connectivity index is 0.00000256. The molecule has 0 aliphatic rings. The third-order valence-electron chi connectivity index (χ3n) is 2.49. The molecule has 0 fully saturated rings. The van der Waals surface area contributed by atoms with Crippen molar-refractivity contribution in [1.82, 2.24) is 0 Å². The van der Waals surface area contributed by atoms with Crippen molar-refractivity contribution in [2.45, 2.75) is 13.8 Å². The van der Waals surface area contributed by atoms with Crippen molar-refractivity contribution in [2.24, 2.45) is 11.7 Å². The second-order valence-corrected chi connectivity index (χ2v) is 3.81. The molecule has 96 valence electrons. The monoisotopic (exact) mass is 258 g/mol. The topological polar surface area (TPSA) is 64.3 Å². The first-order chi connectivity index (χ1) is 7.58. The van der Waals surface area contributed by atoms with Gasteiger partial charge in [-0.15, -0.1) is 12.4 Å². The van der Waals surface area contributed by atoms with Crippen molar-refractivity contribution in [3.8, 4) is 5.75 Å². The summed E-state index contributed by atoms with van der Waals surface area (Å²) in [6.45, 7) is 4.07. The van der Waals surface area contributed by atoms with E-state index in [4.69, 9.17) is 10.5 Å². The Kier molecular flexibility index (Phi) is 6.61. The van der Waals surface area contributed by atoms with Crippen LogP contribution < -0.4 is 15.8 Å². The molecule has 0 saturated carbocycles. The van der Waals surface area contributed by atoms with E-state index in [1.54, 1.807) is 14.0 Å². The molecule has 0 aliphatic heterocycles. The van der Waals surface area contributed by atoms with Crippen LogP contribution in [-0.4, -0.2) is 19.6 Å². The molecular weight excluding hydrogens is 240 g/mol. The summed E-state index contributed by atoms with van der Waals surface area (Å²) in [5.41, 5.74) is 7.20. The van der Waals surface area contributed by atoms with Crippen LogP contribution in [0.4, 0.5) is 5.69 Å². The average Bonchev–Trinajstić information content (AvgIpc) is 2.30. The van der Waals surface area contributed by atoms with Gasteiger partial charge in [-0.3, -0.25) is 4.79 Å². The zero-order valence-electron chi connectivity index (χ0n) is 10.3. The number of carbonyl (C=O) groups excluding carboxylic acids is 1. The number of aryl methyl sites for hydroxylation is 1. The van der Waals surface area contributed by atoms with Crippen LogP contribution in [0.3, 0.4) is 0 Å². The summed E-state index contributed by atoms with van der Waals surface area (Å²) in [4.78, 5) is 11.6. The van der Waals surface area contributed by atoms with E-state index in [0.717, 1.165) is 17.0 Å². The molecule has 3 N–H and O–H groups in total. The van der Waals surface area contributed by atoms with Gasteiger partial charge in [0.25, 0.3) is 0 Å². The molecule has 1 rings (SSSR count). The van der Waals surface area contributed by atoms with E-state index in [1.165, 1.54) is 0 Å². The zero-order chi connectivity index (χ0) is 12.1. The fraction of sp³-hybridized carbons (Fsp3) is 0.417. The Morgan fingerprint density at radius 2 is 2.18 bits per heavy atom. The normalized spacial score (nSPS) is 11.3. The van der Waals surface area contributed by atoms with Crippen molar-refractivity contribution in [3.63, 3.8) is 0 Å². The molecule has 1 aromatic carbocycles. The van der Waals surface area contributed by atoms with Crippen molar-refractivity contribution in [3.05, 3.63) is 23.8 Å². The second kappa shape index (κ2) is 7.14. The first-order valence-electron chi connectivity index (χ1n) is 5.24. The molecule has 0 bridgehead atoms. The van der Waals surface area contributed by atoms with Crippen LogP contribution in [0.25, 0.3) is 0 Å². The van der Waals surface area contributed by atoms with E-state index in [1.807, 2.05) is 25.1 Å². The maximum absolute atomic E-state index is 11.6. The molecule has 1 aromatic rings. The van der Waals surface area contributed by atoms with E-state index in [-0.39, 0.29) is 24.2 Å². The number of carbonyl (C=O) groups is 1. The van der Waals surface area contributed by atoms with E-state index in [0.29, 0.717) is 6.54 Å². The lowest BCUT2D eigenvalue weighted by molar-refractivity contribution is -0.119. The highest BCUT2D eigenvalue weighted by molar-refractivity contribution is 5.93. The van der Waals surface area contributed by atoms with Gasteiger partial charge in [-0.2, -0.15) is 0 Å². The summed E-state index contributed by atoms with van der Waals surface area (Å²) < 4.78 is 5.09. The zero-order valence-corrected chi connectivity index (χ0v) is 11.1. The number of nitrogens with one attached hydrogen (secondary N) is 1. The first-order valence-corrected chi connectivity index (χ1v) is 5.24. The molecule has 17 heavy (non-hydrogen) atoms. The van der Waals surface area contributed by atoms with Gasteiger partial charge in [-0.05, 0) is 30.7 Å². The second-order valence-electron chi connectivity index (χ2n) is 3.81. The van der Waals surface area contributed by atoms with Gasteiger partial charge >= 0.3 is 0 Å². The number of hydrogen-bond acceptors (Lipinski definition) is 3. The number of methoxy groups -OCH3 is 1. The number of rotatable bonds is 4. The summed E-state index contributed by atoms with van der Waals surface area (Å²) >= 11 is 0. The van der Waals surface area contributed by atoms with Crippen LogP contribution in [0, 0.1) is 12.8 Å². The maximum atomic E-state index is 11.6. The summed E-state index contributed by atoms with van der Waals surface area (Å²) in [5.74, 6) is 0.541. The number of ether oxygens (including phenoxy) is 1. The maximum Gasteiger partial charge on any atom is 0.228 e. The van der Waals surface area contributed by atoms with Crippen LogP contribution in [0.1, 0.15) is 12.5 Å². The molecule has 1 unspecified atom stereocenters. The molecule has 4 nitrogen and oxygen atoms in total. The quantitative estimate of drug-likeness (QED) is 0.868. The number of amides is 1. The summed E-state index contributed by atoms with van der Waals surface area (Å²) in [6.07, 6.45) is 0. The van der Waals surface area contributed by atoms with Gasteiger partial charge in [0.2, 0.25) is 5.91 Å². The van der Waals surface area contributed by atoms with Crippen LogP contribution in [-0.2, 0) is 4.79 Å². The lowest BCUT2D eigenvalue weighted by Gasteiger charge is -2.12. The largest absolute Gasteiger partial charge is 0.497 e. The SMILES string of the molecule is COc1ccc(NC(=O)C(C)CN)c(C)c1.Cl. The van der Waals surface area contributed by atoms with E-state index < -0.39 is 0 Å². The average molecular weight is 259 g/mol. The van der Waals surface area contributed by atoms with Gasteiger partial charge in [0.1, 0.15) is 5.75 Å². The van der Waals surface area contributed by atoms with Gasteiger partial charge < -0.3 is 15.8 Å². The van der Waals surface area contributed by atoms with Crippen molar-refractivity contribution in [2.75, 3.05) is 19.0 Å². The van der Waals surface area contributed by atoms with Gasteiger partial charge in [0.15, 0.2) is 0 Å². The van der Waals surface area contributed by atoms with E-state index >= 15 is 0 Å². The highest BCUT2D eigenvalue weighted by Gasteiger charge is 2.11. The summed E-state index contributed by atoms with van der Waals surface area (Å²) in [6, 6.07) is 5.52. The summed E-state index contributed by atoms with van der Waals surface area (Å²) in [5, 5.41) is 2.84. The van der Waals surface area contributed by atoms with Crippen molar-refractivity contribution < 1.29 is 9.53 Å². The highest BCUT2D eigenvalue weighted by atomic mass is 35.5. The predicted molar refractivity (Wildman–Crippen MR) is 71.8 cm³/mol. The number of halogens is 1. The Morgan fingerprint density at radius 1 is 1.53 bits per heavy atom.